The van der Waals surface area contributed by atoms with E-state index in [0.29, 0.717) is 6.42 Å². The smallest absolute Gasteiger partial charge is 0.123 e. The molecule has 1 unspecified atom stereocenters. The van der Waals surface area contributed by atoms with Crippen molar-refractivity contribution in [3.63, 3.8) is 0 Å². The molecular weight excluding hydrogens is 231 g/mol. The summed E-state index contributed by atoms with van der Waals surface area (Å²) < 4.78 is 14.9. The van der Waals surface area contributed by atoms with Crippen molar-refractivity contribution in [2.75, 3.05) is 0 Å². The van der Waals surface area contributed by atoms with E-state index in [1.807, 2.05) is 0 Å². The molecule has 3 nitrogen and oxygen atoms in total. The average molecular weight is 246 g/mol. The summed E-state index contributed by atoms with van der Waals surface area (Å²) in [5.74, 6) is 0.717. The Labute approximate surface area is 105 Å². The lowest BCUT2D eigenvalue weighted by atomic mass is 10.1. The van der Waals surface area contributed by atoms with E-state index in [1.54, 1.807) is 18.3 Å². The molecule has 2 heterocycles. The van der Waals surface area contributed by atoms with Gasteiger partial charge in [-0.25, -0.2) is 9.37 Å². The molecule has 2 aromatic rings. The number of hydrogen-bond donors (Lipinski definition) is 1. The normalized spacial score (nSPS) is 18.7. The quantitative estimate of drug-likeness (QED) is 0.883. The number of aromatic nitrogens is 2. The summed E-state index contributed by atoms with van der Waals surface area (Å²) in [5, 5.41) is 9.87. The van der Waals surface area contributed by atoms with Gasteiger partial charge < -0.3 is 9.67 Å². The van der Waals surface area contributed by atoms with Crippen molar-refractivity contribution in [2.24, 2.45) is 0 Å². The minimum absolute atomic E-state index is 0.223. The van der Waals surface area contributed by atoms with Crippen LogP contribution in [0.3, 0.4) is 0 Å². The van der Waals surface area contributed by atoms with Crippen LogP contribution in [-0.2, 0) is 13.0 Å². The van der Waals surface area contributed by atoms with Gasteiger partial charge in [0.25, 0.3) is 0 Å². The van der Waals surface area contributed by atoms with Gasteiger partial charge in [-0.2, -0.15) is 0 Å². The van der Waals surface area contributed by atoms with Crippen molar-refractivity contribution < 1.29 is 9.50 Å². The first-order chi connectivity index (χ1) is 8.74. The van der Waals surface area contributed by atoms with E-state index in [2.05, 4.69) is 9.55 Å². The molecule has 94 valence electrons. The summed E-state index contributed by atoms with van der Waals surface area (Å²) >= 11 is 0. The zero-order chi connectivity index (χ0) is 12.5. The number of fused-ring (bicyclic) bond motifs is 1. The van der Waals surface area contributed by atoms with Crippen molar-refractivity contribution >= 4 is 0 Å². The Bertz CT molecular complexity index is 547. The highest BCUT2D eigenvalue weighted by atomic mass is 19.1. The SMILES string of the molecule is OC1CCCn2c1cnc2Cc1ccc(F)cc1. The second-order valence-corrected chi connectivity index (χ2v) is 4.71. The van der Waals surface area contributed by atoms with E-state index in [4.69, 9.17) is 0 Å². The van der Waals surface area contributed by atoms with Crippen LogP contribution in [0.1, 0.15) is 36.0 Å². The van der Waals surface area contributed by atoms with Gasteiger partial charge in [0, 0.05) is 13.0 Å². The fourth-order valence-corrected chi connectivity index (χ4v) is 2.47. The maximum Gasteiger partial charge on any atom is 0.123 e. The molecule has 0 saturated carbocycles. The van der Waals surface area contributed by atoms with Crippen LogP contribution in [0.15, 0.2) is 30.5 Å². The zero-order valence-corrected chi connectivity index (χ0v) is 10.0. The Balaban J connectivity index is 1.87. The molecule has 3 rings (SSSR count). The first kappa shape index (κ1) is 11.4. The van der Waals surface area contributed by atoms with E-state index >= 15 is 0 Å². The number of hydrogen-bond acceptors (Lipinski definition) is 2. The van der Waals surface area contributed by atoms with E-state index in [-0.39, 0.29) is 5.82 Å². The zero-order valence-electron chi connectivity index (χ0n) is 10.0. The van der Waals surface area contributed by atoms with Crippen LogP contribution >= 0.6 is 0 Å². The van der Waals surface area contributed by atoms with Gasteiger partial charge in [0.1, 0.15) is 11.6 Å². The van der Waals surface area contributed by atoms with Crippen LogP contribution < -0.4 is 0 Å². The number of halogens is 1. The molecule has 0 spiro atoms. The lowest BCUT2D eigenvalue weighted by molar-refractivity contribution is 0.138. The van der Waals surface area contributed by atoms with E-state index in [1.165, 1.54) is 12.1 Å². The highest BCUT2D eigenvalue weighted by Crippen LogP contribution is 2.26. The van der Waals surface area contributed by atoms with Crippen molar-refractivity contribution in [2.45, 2.75) is 31.9 Å². The summed E-state index contributed by atoms with van der Waals surface area (Å²) in [5.41, 5.74) is 1.93. The highest BCUT2D eigenvalue weighted by molar-refractivity contribution is 5.22. The van der Waals surface area contributed by atoms with Gasteiger partial charge in [-0.1, -0.05) is 12.1 Å². The van der Waals surface area contributed by atoms with Crippen molar-refractivity contribution in [3.05, 3.63) is 53.4 Å². The molecule has 0 fully saturated rings. The molecule has 0 amide bonds. The third-order valence-electron chi connectivity index (χ3n) is 3.45. The van der Waals surface area contributed by atoms with Crippen LogP contribution in [0.25, 0.3) is 0 Å². The number of aliphatic hydroxyl groups excluding tert-OH is 1. The van der Waals surface area contributed by atoms with Gasteiger partial charge >= 0.3 is 0 Å². The molecular formula is C14H15FN2O. The molecule has 1 aromatic carbocycles. The topological polar surface area (TPSA) is 38.0 Å². The Kier molecular flexibility index (Phi) is 2.88. The molecule has 1 N–H and O–H groups in total. The minimum Gasteiger partial charge on any atom is -0.387 e. The van der Waals surface area contributed by atoms with Crippen LogP contribution in [0.2, 0.25) is 0 Å². The molecule has 0 radical (unpaired) electrons. The lowest BCUT2D eigenvalue weighted by Gasteiger charge is -2.21. The van der Waals surface area contributed by atoms with Crippen LogP contribution in [0.5, 0.6) is 0 Å². The number of rotatable bonds is 2. The van der Waals surface area contributed by atoms with Gasteiger partial charge in [0.15, 0.2) is 0 Å². The third kappa shape index (κ3) is 2.04. The third-order valence-corrected chi connectivity index (χ3v) is 3.45. The first-order valence-electron chi connectivity index (χ1n) is 6.21. The molecule has 1 aliphatic heterocycles. The van der Waals surface area contributed by atoms with Gasteiger partial charge in [0.05, 0.1) is 18.0 Å². The number of aliphatic hydroxyl groups is 1. The summed E-state index contributed by atoms with van der Waals surface area (Å²) in [6, 6.07) is 6.47. The standard InChI is InChI=1S/C14H15FN2O/c15-11-5-3-10(4-6-11)8-14-16-9-12-13(18)2-1-7-17(12)14/h3-6,9,13,18H,1-2,7-8H2. The van der Waals surface area contributed by atoms with Crippen LogP contribution in [0, 0.1) is 5.82 Å². The van der Waals surface area contributed by atoms with Gasteiger partial charge in [-0.05, 0) is 30.5 Å². The van der Waals surface area contributed by atoms with Gasteiger partial charge in [0.2, 0.25) is 0 Å². The largest absolute Gasteiger partial charge is 0.387 e. The molecule has 1 aliphatic rings. The fraction of sp³-hybridized carbons (Fsp3) is 0.357. The second kappa shape index (κ2) is 4.53. The number of imidazole rings is 1. The highest BCUT2D eigenvalue weighted by Gasteiger charge is 2.21. The van der Waals surface area contributed by atoms with Crippen molar-refractivity contribution in [3.8, 4) is 0 Å². The predicted octanol–water partition coefficient (Wildman–Crippen LogP) is 2.44. The average Bonchev–Trinajstić information content (AvgIpc) is 2.77. The lowest BCUT2D eigenvalue weighted by Crippen LogP contribution is -2.16. The minimum atomic E-state index is -0.395. The van der Waals surface area contributed by atoms with Crippen molar-refractivity contribution in [1.82, 2.24) is 9.55 Å². The Morgan fingerprint density at radius 2 is 2.11 bits per heavy atom. The van der Waals surface area contributed by atoms with E-state index in [9.17, 15) is 9.50 Å². The van der Waals surface area contributed by atoms with Crippen molar-refractivity contribution in [1.29, 1.82) is 0 Å². The molecule has 0 saturated heterocycles. The fourth-order valence-electron chi connectivity index (χ4n) is 2.47. The maximum absolute atomic E-state index is 12.8. The van der Waals surface area contributed by atoms with Gasteiger partial charge in [-0.15, -0.1) is 0 Å². The Hall–Kier alpha value is -1.68. The molecule has 0 aliphatic carbocycles. The van der Waals surface area contributed by atoms with E-state index in [0.717, 1.165) is 36.5 Å². The molecule has 18 heavy (non-hydrogen) atoms. The number of benzene rings is 1. The summed E-state index contributed by atoms with van der Waals surface area (Å²) in [7, 11) is 0. The maximum atomic E-state index is 12.8. The first-order valence-corrected chi connectivity index (χ1v) is 6.21. The second-order valence-electron chi connectivity index (χ2n) is 4.71. The number of nitrogens with zero attached hydrogens (tertiary/aromatic N) is 2. The predicted molar refractivity (Wildman–Crippen MR) is 65.6 cm³/mol. The summed E-state index contributed by atoms with van der Waals surface area (Å²) in [4.78, 5) is 4.38. The Morgan fingerprint density at radius 1 is 1.33 bits per heavy atom. The van der Waals surface area contributed by atoms with Crippen LogP contribution in [-0.4, -0.2) is 14.7 Å². The van der Waals surface area contributed by atoms with E-state index < -0.39 is 6.10 Å². The Morgan fingerprint density at radius 3 is 2.89 bits per heavy atom. The summed E-state index contributed by atoms with van der Waals surface area (Å²) in [6.45, 7) is 0.906. The molecule has 1 aromatic heterocycles. The molecule has 1 atom stereocenters. The molecule has 4 heteroatoms. The van der Waals surface area contributed by atoms with Gasteiger partial charge in [-0.3, -0.25) is 0 Å². The summed E-state index contributed by atoms with van der Waals surface area (Å²) in [6.07, 6.45) is 3.81. The van der Waals surface area contributed by atoms with Crippen LogP contribution in [0.4, 0.5) is 4.39 Å². The molecule has 0 bridgehead atoms. The monoisotopic (exact) mass is 246 g/mol.